The Labute approximate surface area is 127 Å². The molecule has 2 heterocycles. The lowest BCUT2D eigenvalue weighted by Crippen LogP contribution is -2.17. The van der Waals surface area contributed by atoms with Crippen LogP contribution >= 0.6 is 11.8 Å². The first-order valence-electron chi connectivity index (χ1n) is 7.15. The van der Waals surface area contributed by atoms with Gasteiger partial charge in [0.1, 0.15) is 0 Å². The molecule has 0 aliphatic heterocycles. The number of carbonyl (C=O) groups excluding carboxylic acids is 1. The molecule has 7 heteroatoms. The quantitative estimate of drug-likeness (QED) is 0.858. The van der Waals surface area contributed by atoms with Gasteiger partial charge in [-0.15, -0.1) is 10.2 Å². The summed E-state index contributed by atoms with van der Waals surface area (Å²) < 4.78 is 7.58. The Kier molecular flexibility index (Phi) is 4.28. The van der Waals surface area contributed by atoms with Crippen LogP contribution in [0, 0.1) is 0 Å². The minimum absolute atomic E-state index is 0.211. The predicted octanol–water partition coefficient (Wildman–Crippen LogP) is 2.62. The van der Waals surface area contributed by atoms with Crippen molar-refractivity contribution in [3.05, 3.63) is 18.4 Å². The molecule has 21 heavy (non-hydrogen) atoms. The second-order valence-electron chi connectivity index (χ2n) is 5.20. The van der Waals surface area contributed by atoms with Gasteiger partial charge in [0, 0.05) is 6.04 Å². The Balaban J connectivity index is 1.94. The second kappa shape index (κ2) is 6.34. The maximum atomic E-state index is 11.0. The van der Waals surface area contributed by atoms with Crippen LogP contribution in [0.1, 0.15) is 38.1 Å². The number of carbonyl (C=O) groups is 1. The molecule has 2 aromatic rings. The summed E-state index contributed by atoms with van der Waals surface area (Å²) >= 11 is 1.34. The van der Waals surface area contributed by atoms with E-state index >= 15 is 0 Å². The van der Waals surface area contributed by atoms with Crippen molar-refractivity contribution in [3.8, 4) is 11.6 Å². The molecule has 2 aromatic heterocycles. The zero-order valence-electron chi connectivity index (χ0n) is 11.7. The number of rotatable bonds is 5. The van der Waals surface area contributed by atoms with Crippen LogP contribution < -0.4 is 5.73 Å². The molecular formula is C14H18N4O2S. The topological polar surface area (TPSA) is 86.9 Å². The molecule has 0 unspecified atom stereocenters. The molecule has 0 saturated heterocycles. The first-order chi connectivity index (χ1) is 10.3. The number of amides is 1. The molecule has 0 bridgehead atoms. The van der Waals surface area contributed by atoms with E-state index in [1.807, 2.05) is 12.1 Å². The summed E-state index contributed by atoms with van der Waals surface area (Å²) in [5.74, 6) is 1.30. The molecule has 1 amide bonds. The van der Waals surface area contributed by atoms with Crippen LogP contribution in [-0.2, 0) is 4.79 Å². The fourth-order valence-electron chi connectivity index (χ4n) is 2.75. The van der Waals surface area contributed by atoms with Crippen LogP contribution in [0.3, 0.4) is 0 Å². The summed E-state index contributed by atoms with van der Waals surface area (Å²) in [6.45, 7) is 0. The van der Waals surface area contributed by atoms with E-state index in [-0.39, 0.29) is 11.7 Å². The van der Waals surface area contributed by atoms with Gasteiger partial charge in [0.25, 0.3) is 0 Å². The Morgan fingerprint density at radius 2 is 2.19 bits per heavy atom. The van der Waals surface area contributed by atoms with E-state index in [0.717, 1.165) is 23.8 Å². The summed E-state index contributed by atoms with van der Waals surface area (Å²) in [4.78, 5) is 11.0. The van der Waals surface area contributed by atoms with Crippen molar-refractivity contribution in [2.24, 2.45) is 5.73 Å². The highest BCUT2D eigenvalue weighted by Crippen LogP contribution is 2.35. The molecule has 0 spiro atoms. The highest BCUT2D eigenvalue weighted by atomic mass is 32.2. The lowest BCUT2D eigenvalue weighted by Gasteiger charge is -2.25. The molecule has 3 rings (SSSR count). The molecule has 1 fully saturated rings. The smallest absolute Gasteiger partial charge is 0.227 e. The van der Waals surface area contributed by atoms with Crippen LogP contribution in [0.25, 0.3) is 11.6 Å². The average molecular weight is 306 g/mol. The van der Waals surface area contributed by atoms with Crippen molar-refractivity contribution >= 4 is 17.7 Å². The van der Waals surface area contributed by atoms with Crippen LogP contribution in [0.2, 0.25) is 0 Å². The van der Waals surface area contributed by atoms with Gasteiger partial charge in [0.15, 0.2) is 10.9 Å². The van der Waals surface area contributed by atoms with Gasteiger partial charge in [-0.1, -0.05) is 31.0 Å². The number of hydrogen-bond acceptors (Lipinski definition) is 5. The molecule has 1 aliphatic carbocycles. The average Bonchev–Trinajstić information content (AvgIpc) is 3.15. The highest BCUT2D eigenvalue weighted by molar-refractivity contribution is 7.99. The van der Waals surface area contributed by atoms with Crippen molar-refractivity contribution in [1.29, 1.82) is 0 Å². The maximum Gasteiger partial charge on any atom is 0.227 e. The van der Waals surface area contributed by atoms with E-state index in [9.17, 15) is 4.79 Å². The fraction of sp³-hybridized carbons (Fsp3) is 0.500. The third kappa shape index (κ3) is 3.12. The molecule has 0 radical (unpaired) electrons. The summed E-state index contributed by atoms with van der Waals surface area (Å²) in [6, 6.07) is 4.08. The predicted molar refractivity (Wildman–Crippen MR) is 79.8 cm³/mol. The third-order valence-electron chi connectivity index (χ3n) is 3.69. The van der Waals surface area contributed by atoms with Crippen molar-refractivity contribution < 1.29 is 9.21 Å². The zero-order chi connectivity index (χ0) is 14.7. The zero-order valence-corrected chi connectivity index (χ0v) is 12.5. The summed E-state index contributed by atoms with van der Waals surface area (Å²) in [6.07, 6.45) is 7.54. The monoisotopic (exact) mass is 306 g/mol. The molecule has 112 valence electrons. The van der Waals surface area contributed by atoms with E-state index in [4.69, 9.17) is 10.2 Å². The summed E-state index contributed by atoms with van der Waals surface area (Å²) in [5, 5.41) is 9.23. The van der Waals surface area contributed by atoms with Gasteiger partial charge in [0.2, 0.25) is 11.7 Å². The second-order valence-corrected chi connectivity index (χ2v) is 6.14. The van der Waals surface area contributed by atoms with Crippen LogP contribution in [0.5, 0.6) is 0 Å². The Morgan fingerprint density at radius 3 is 2.86 bits per heavy atom. The maximum absolute atomic E-state index is 11.0. The fourth-order valence-corrected chi connectivity index (χ4v) is 3.50. The van der Waals surface area contributed by atoms with Crippen molar-refractivity contribution in [1.82, 2.24) is 14.8 Å². The molecule has 2 N–H and O–H groups in total. The van der Waals surface area contributed by atoms with Gasteiger partial charge in [-0.05, 0) is 25.0 Å². The number of aromatic nitrogens is 3. The number of furan rings is 1. The summed E-state index contributed by atoms with van der Waals surface area (Å²) in [5.41, 5.74) is 5.23. The number of primary amides is 1. The van der Waals surface area contributed by atoms with Crippen LogP contribution in [-0.4, -0.2) is 26.4 Å². The van der Waals surface area contributed by atoms with E-state index in [1.54, 1.807) is 6.26 Å². The number of nitrogens with two attached hydrogens (primary N) is 1. The lowest BCUT2D eigenvalue weighted by atomic mass is 9.95. The van der Waals surface area contributed by atoms with E-state index in [2.05, 4.69) is 14.8 Å². The molecule has 1 aliphatic rings. The van der Waals surface area contributed by atoms with Gasteiger partial charge < -0.3 is 10.2 Å². The Morgan fingerprint density at radius 1 is 1.38 bits per heavy atom. The minimum Gasteiger partial charge on any atom is -0.461 e. The molecule has 0 atom stereocenters. The van der Waals surface area contributed by atoms with Gasteiger partial charge >= 0.3 is 0 Å². The first-order valence-corrected chi connectivity index (χ1v) is 8.14. The van der Waals surface area contributed by atoms with Crippen molar-refractivity contribution in [2.45, 2.75) is 43.3 Å². The van der Waals surface area contributed by atoms with Gasteiger partial charge in [-0.2, -0.15) is 0 Å². The van der Waals surface area contributed by atoms with Gasteiger partial charge in [0.05, 0.1) is 12.0 Å². The standard InChI is InChI=1S/C14H18N4O2S/c15-12(19)9-21-14-17-16-13(11-7-4-8-20-11)18(14)10-5-2-1-3-6-10/h4,7-8,10H,1-3,5-6,9H2,(H2,15,19). The molecule has 1 saturated carbocycles. The minimum atomic E-state index is -0.349. The first kappa shape index (κ1) is 14.2. The molecule has 0 aromatic carbocycles. The Hall–Kier alpha value is -1.76. The number of hydrogen-bond donors (Lipinski definition) is 1. The van der Waals surface area contributed by atoms with Crippen LogP contribution in [0.15, 0.2) is 28.0 Å². The van der Waals surface area contributed by atoms with E-state index < -0.39 is 0 Å². The summed E-state index contributed by atoms with van der Waals surface area (Å²) in [7, 11) is 0. The number of thioether (sulfide) groups is 1. The lowest BCUT2D eigenvalue weighted by molar-refractivity contribution is -0.115. The number of nitrogens with zero attached hydrogens (tertiary/aromatic N) is 3. The largest absolute Gasteiger partial charge is 0.461 e. The van der Waals surface area contributed by atoms with Crippen molar-refractivity contribution in [3.63, 3.8) is 0 Å². The normalized spacial score (nSPS) is 16.2. The van der Waals surface area contributed by atoms with E-state index in [0.29, 0.717) is 11.8 Å². The van der Waals surface area contributed by atoms with Gasteiger partial charge in [-0.25, -0.2) is 0 Å². The Bertz CT molecular complexity index is 603. The highest BCUT2D eigenvalue weighted by Gasteiger charge is 2.25. The van der Waals surface area contributed by atoms with E-state index in [1.165, 1.54) is 31.0 Å². The van der Waals surface area contributed by atoms with Crippen molar-refractivity contribution in [2.75, 3.05) is 5.75 Å². The molecular weight excluding hydrogens is 288 g/mol. The molecule has 6 nitrogen and oxygen atoms in total. The third-order valence-corrected chi connectivity index (χ3v) is 4.65. The SMILES string of the molecule is NC(=O)CSc1nnc(-c2ccco2)n1C1CCCCC1. The van der Waals surface area contributed by atoms with Crippen LogP contribution in [0.4, 0.5) is 0 Å². The van der Waals surface area contributed by atoms with Gasteiger partial charge in [-0.3, -0.25) is 9.36 Å².